The highest BCUT2D eigenvalue weighted by Crippen LogP contribution is 2.29. The summed E-state index contributed by atoms with van der Waals surface area (Å²) < 4.78 is 10.2. The van der Waals surface area contributed by atoms with Gasteiger partial charge in [-0.2, -0.15) is 0 Å². The third-order valence-electron chi connectivity index (χ3n) is 2.28. The maximum absolute atomic E-state index is 9.47. The van der Waals surface area contributed by atoms with Gasteiger partial charge in [-0.3, -0.25) is 0 Å². The first-order valence-corrected chi connectivity index (χ1v) is 3.91. The van der Waals surface area contributed by atoms with Crippen molar-refractivity contribution in [3.8, 4) is 0 Å². The van der Waals surface area contributed by atoms with Crippen LogP contribution in [0.3, 0.4) is 0 Å². The Morgan fingerprint density at radius 1 is 1.38 bits per heavy atom. The van der Waals surface area contributed by atoms with Gasteiger partial charge < -0.3 is 19.7 Å². The van der Waals surface area contributed by atoms with Crippen LogP contribution in [0.25, 0.3) is 10.4 Å². The number of aliphatic hydroxyl groups excluding tert-OH is 2. The van der Waals surface area contributed by atoms with E-state index in [-0.39, 0.29) is 6.61 Å². The maximum atomic E-state index is 9.47. The Morgan fingerprint density at radius 3 is 2.85 bits per heavy atom. The Hall–Kier alpha value is -0.850. The van der Waals surface area contributed by atoms with Crippen LogP contribution in [0.5, 0.6) is 0 Å². The van der Waals surface area contributed by atoms with Gasteiger partial charge in [-0.15, -0.1) is 0 Å². The van der Waals surface area contributed by atoms with Crippen molar-refractivity contribution in [1.29, 1.82) is 0 Å². The lowest BCUT2D eigenvalue weighted by atomic mass is 10.00. The Labute approximate surface area is 73.5 Å². The highest BCUT2D eigenvalue weighted by molar-refractivity contribution is 4.96. The number of hydrogen-bond donors (Lipinski definition) is 2. The number of fused-ring (bicyclic) bond motifs is 2. The molecule has 2 saturated heterocycles. The molecule has 5 atom stereocenters. The van der Waals surface area contributed by atoms with Crippen molar-refractivity contribution in [2.24, 2.45) is 5.11 Å². The molecule has 0 aromatic carbocycles. The lowest BCUT2D eigenvalue weighted by molar-refractivity contribution is -0.177. The quantitative estimate of drug-likeness (QED) is 0.316. The van der Waals surface area contributed by atoms with Gasteiger partial charge in [0.1, 0.15) is 18.2 Å². The van der Waals surface area contributed by atoms with Crippen molar-refractivity contribution >= 4 is 0 Å². The van der Waals surface area contributed by atoms with Crippen LogP contribution < -0.4 is 0 Å². The van der Waals surface area contributed by atoms with E-state index in [4.69, 9.17) is 15.0 Å². The minimum atomic E-state index is -1.11. The zero-order valence-corrected chi connectivity index (χ0v) is 6.65. The van der Waals surface area contributed by atoms with E-state index in [9.17, 15) is 10.2 Å². The summed E-state index contributed by atoms with van der Waals surface area (Å²) in [6, 6.07) is -0.862. The van der Waals surface area contributed by atoms with Crippen molar-refractivity contribution in [3.05, 3.63) is 10.4 Å². The molecule has 0 radical (unpaired) electrons. The average Bonchev–Trinajstić information content (AvgIpc) is 2.56. The van der Waals surface area contributed by atoms with Crippen molar-refractivity contribution in [2.75, 3.05) is 6.61 Å². The molecule has 2 heterocycles. The van der Waals surface area contributed by atoms with Gasteiger partial charge in [0.25, 0.3) is 0 Å². The van der Waals surface area contributed by atoms with E-state index in [1.165, 1.54) is 0 Å². The summed E-state index contributed by atoms with van der Waals surface area (Å²) in [6.45, 7) is 0.223. The molecule has 2 bridgehead atoms. The van der Waals surface area contributed by atoms with Crippen LogP contribution in [0.4, 0.5) is 0 Å². The minimum absolute atomic E-state index is 0.223. The van der Waals surface area contributed by atoms with E-state index in [0.29, 0.717) is 0 Å². The van der Waals surface area contributed by atoms with Gasteiger partial charge in [0.05, 0.1) is 12.7 Å². The number of aliphatic hydroxyl groups is 2. The van der Waals surface area contributed by atoms with Gasteiger partial charge >= 0.3 is 0 Å². The zero-order valence-electron chi connectivity index (χ0n) is 6.65. The van der Waals surface area contributed by atoms with Crippen LogP contribution in [0, 0.1) is 0 Å². The molecule has 7 nitrogen and oxygen atoms in total. The van der Waals surface area contributed by atoms with Crippen LogP contribution in [-0.4, -0.2) is 47.5 Å². The first kappa shape index (κ1) is 8.74. The van der Waals surface area contributed by atoms with E-state index in [0.717, 1.165) is 0 Å². The SMILES string of the molecule is [N-]=[N+]=NC1C(O)[C@H](O)C2CO[C@@H]1O2. The van der Waals surface area contributed by atoms with Gasteiger partial charge in [0.2, 0.25) is 0 Å². The van der Waals surface area contributed by atoms with Crippen molar-refractivity contribution in [3.63, 3.8) is 0 Å². The average molecular weight is 187 g/mol. The normalized spacial score (nSPS) is 48.6. The molecular weight excluding hydrogens is 178 g/mol. The largest absolute Gasteiger partial charge is 0.390 e. The number of azide groups is 1. The second kappa shape index (κ2) is 3.13. The zero-order chi connectivity index (χ0) is 9.42. The van der Waals surface area contributed by atoms with E-state index in [2.05, 4.69) is 10.0 Å². The van der Waals surface area contributed by atoms with Gasteiger partial charge in [0.15, 0.2) is 6.29 Å². The number of rotatable bonds is 1. The standard InChI is InChI=1S/C6H9N3O4/c7-9-8-3-5(11)4(10)2-1-12-6(3)13-2/h2-6,10-11H,1H2/t2?,3?,4-,5?,6-/m1/s1. The molecule has 0 amide bonds. The molecule has 0 saturated carbocycles. The first-order valence-electron chi connectivity index (χ1n) is 3.91. The lowest BCUT2D eigenvalue weighted by Crippen LogP contribution is -2.52. The molecule has 0 aliphatic carbocycles. The number of ether oxygens (including phenoxy) is 2. The van der Waals surface area contributed by atoms with Gasteiger partial charge in [-0.25, -0.2) is 0 Å². The first-order chi connectivity index (χ1) is 6.24. The van der Waals surface area contributed by atoms with Crippen molar-refractivity contribution in [1.82, 2.24) is 0 Å². The Morgan fingerprint density at radius 2 is 2.15 bits per heavy atom. The topological polar surface area (TPSA) is 108 Å². The highest BCUT2D eigenvalue weighted by atomic mass is 16.7. The Bertz CT molecular complexity index is 254. The number of nitrogens with zero attached hydrogens (tertiary/aromatic N) is 3. The van der Waals surface area contributed by atoms with Gasteiger partial charge in [-0.1, -0.05) is 5.11 Å². The fraction of sp³-hybridized carbons (Fsp3) is 1.00. The van der Waals surface area contributed by atoms with Crippen LogP contribution in [0.15, 0.2) is 5.11 Å². The summed E-state index contributed by atoms with van der Waals surface area (Å²) in [7, 11) is 0. The van der Waals surface area contributed by atoms with Crippen molar-refractivity contribution in [2.45, 2.75) is 30.6 Å². The van der Waals surface area contributed by atoms with Gasteiger partial charge in [-0.05, 0) is 5.53 Å². The molecule has 3 unspecified atom stereocenters. The van der Waals surface area contributed by atoms with Crippen molar-refractivity contribution < 1.29 is 19.7 Å². The van der Waals surface area contributed by atoms with E-state index in [1.54, 1.807) is 0 Å². The molecule has 2 aliphatic rings. The monoisotopic (exact) mass is 187 g/mol. The van der Waals surface area contributed by atoms with E-state index >= 15 is 0 Å². The third kappa shape index (κ3) is 1.27. The third-order valence-corrected chi connectivity index (χ3v) is 2.28. The summed E-state index contributed by atoms with van der Waals surface area (Å²) in [5, 5.41) is 22.2. The minimum Gasteiger partial charge on any atom is -0.390 e. The molecular formula is C6H9N3O4. The molecule has 2 fully saturated rings. The second-order valence-corrected chi connectivity index (χ2v) is 3.05. The Kier molecular flexibility index (Phi) is 2.10. The van der Waals surface area contributed by atoms with Crippen LogP contribution in [0.2, 0.25) is 0 Å². The highest BCUT2D eigenvalue weighted by Gasteiger charge is 2.49. The molecule has 0 spiro atoms. The smallest absolute Gasteiger partial charge is 0.169 e. The molecule has 72 valence electrons. The maximum Gasteiger partial charge on any atom is 0.169 e. The molecule has 13 heavy (non-hydrogen) atoms. The second-order valence-electron chi connectivity index (χ2n) is 3.05. The summed E-state index contributed by atoms with van der Waals surface area (Å²) in [5.41, 5.74) is 8.20. The summed E-state index contributed by atoms with van der Waals surface area (Å²) >= 11 is 0. The Balaban J connectivity index is 2.21. The van der Waals surface area contributed by atoms with E-state index < -0.39 is 30.6 Å². The van der Waals surface area contributed by atoms with Crippen LogP contribution in [0.1, 0.15) is 0 Å². The predicted molar refractivity (Wildman–Crippen MR) is 39.6 cm³/mol. The molecule has 0 aromatic heterocycles. The molecule has 2 rings (SSSR count). The fourth-order valence-corrected chi connectivity index (χ4v) is 1.56. The lowest BCUT2D eigenvalue weighted by Gasteiger charge is -2.32. The summed E-state index contributed by atoms with van der Waals surface area (Å²) in [6.07, 6.45) is -3.39. The predicted octanol–water partition coefficient (Wildman–Crippen LogP) is -0.858. The fourth-order valence-electron chi connectivity index (χ4n) is 1.56. The summed E-state index contributed by atoms with van der Waals surface area (Å²) in [5.74, 6) is 0. The molecule has 7 heteroatoms. The number of hydrogen-bond acceptors (Lipinski definition) is 5. The molecule has 2 N–H and O–H groups in total. The van der Waals surface area contributed by atoms with E-state index in [1.807, 2.05) is 0 Å². The van der Waals surface area contributed by atoms with Crippen LogP contribution in [-0.2, 0) is 9.47 Å². The molecule has 0 aromatic rings. The van der Waals surface area contributed by atoms with Crippen LogP contribution >= 0.6 is 0 Å². The molecule has 2 aliphatic heterocycles. The summed E-state index contributed by atoms with van der Waals surface area (Å²) in [4.78, 5) is 2.55. The van der Waals surface area contributed by atoms with Gasteiger partial charge in [0, 0.05) is 4.91 Å².